The van der Waals surface area contributed by atoms with Crippen molar-refractivity contribution in [3.8, 4) is 11.1 Å². The number of nitrogens with zero attached hydrogens (tertiary/aromatic N) is 2. The second-order valence-corrected chi connectivity index (χ2v) is 4.86. The summed E-state index contributed by atoms with van der Waals surface area (Å²) < 4.78 is 0. The first kappa shape index (κ1) is 13.9. The summed E-state index contributed by atoms with van der Waals surface area (Å²) in [4.78, 5) is 20.2. The Hall–Kier alpha value is -3.01. The number of amides is 1. The summed E-state index contributed by atoms with van der Waals surface area (Å²) in [5, 5.41) is 2.90. The van der Waals surface area contributed by atoms with E-state index in [1.54, 1.807) is 24.8 Å². The van der Waals surface area contributed by atoms with Gasteiger partial charge < -0.3 is 5.32 Å². The van der Waals surface area contributed by atoms with E-state index in [1.165, 1.54) is 0 Å². The number of aromatic nitrogens is 2. The maximum Gasteiger partial charge on any atom is 0.251 e. The molecule has 0 aliphatic carbocycles. The summed E-state index contributed by atoms with van der Waals surface area (Å²) in [6, 6.07) is 15.2. The number of hydrogen-bond donors (Lipinski definition) is 1. The smallest absolute Gasteiger partial charge is 0.251 e. The third kappa shape index (κ3) is 3.35. The number of carbonyl (C=O) groups is 1. The molecule has 0 aliphatic rings. The van der Waals surface area contributed by atoms with Crippen LogP contribution in [-0.2, 0) is 6.54 Å². The average Bonchev–Trinajstić information content (AvgIpc) is 2.61. The first-order valence-electron chi connectivity index (χ1n) is 7.00. The van der Waals surface area contributed by atoms with Gasteiger partial charge in [0.2, 0.25) is 0 Å². The molecular weight excluding hydrogens is 274 g/mol. The average molecular weight is 289 g/mol. The molecule has 4 nitrogen and oxygen atoms in total. The van der Waals surface area contributed by atoms with Crippen LogP contribution in [0.5, 0.6) is 0 Å². The van der Waals surface area contributed by atoms with E-state index in [9.17, 15) is 4.79 Å². The van der Waals surface area contributed by atoms with Crippen LogP contribution < -0.4 is 5.32 Å². The lowest BCUT2D eigenvalue weighted by Crippen LogP contribution is -2.22. The molecule has 3 aromatic rings. The van der Waals surface area contributed by atoms with Crippen LogP contribution in [0.3, 0.4) is 0 Å². The zero-order valence-electron chi connectivity index (χ0n) is 11.9. The Bertz CT molecular complexity index is 740. The quantitative estimate of drug-likeness (QED) is 0.803. The second-order valence-electron chi connectivity index (χ2n) is 4.86. The lowest BCUT2D eigenvalue weighted by atomic mass is 10.1. The zero-order chi connectivity index (χ0) is 15.2. The first-order chi connectivity index (χ1) is 10.8. The van der Waals surface area contributed by atoms with Gasteiger partial charge in [-0.3, -0.25) is 14.8 Å². The molecule has 1 amide bonds. The molecule has 0 bridgehead atoms. The Morgan fingerprint density at radius 1 is 0.864 bits per heavy atom. The lowest BCUT2D eigenvalue weighted by molar-refractivity contribution is 0.0951. The van der Waals surface area contributed by atoms with Crippen molar-refractivity contribution in [1.82, 2.24) is 15.3 Å². The van der Waals surface area contributed by atoms with Crippen LogP contribution in [0.1, 0.15) is 15.9 Å². The van der Waals surface area contributed by atoms with Crippen molar-refractivity contribution in [2.45, 2.75) is 6.54 Å². The molecule has 0 aliphatic heterocycles. The SMILES string of the molecule is O=C(NCc1ccncc1)c1ccc(-c2cccnc2)cc1. The Labute approximate surface area is 128 Å². The Kier molecular flexibility index (Phi) is 4.20. The van der Waals surface area contributed by atoms with Crippen LogP contribution in [0.2, 0.25) is 0 Å². The number of hydrogen-bond acceptors (Lipinski definition) is 3. The van der Waals surface area contributed by atoms with Crippen molar-refractivity contribution in [2.75, 3.05) is 0 Å². The van der Waals surface area contributed by atoms with Crippen molar-refractivity contribution in [3.05, 3.63) is 84.4 Å². The molecule has 1 N–H and O–H groups in total. The zero-order valence-corrected chi connectivity index (χ0v) is 11.9. The molecule has 0 saturated heterocycles. The van der Waals surface area contributed by atoms with E-state index in [4.69, 9.17) is 0 Å². The summed E-state index contributed by atoms with van der Waals surface area (Å²) >= 11 is 0. The molecule has 108 valence electrons. The van der Waals surface area contributed by atoms with E-state index in [-0.39, 0.29) is 5.91 Å². The van der Waals surface area contributed by atoms with Gasteiger partial charge in [0, 0.05) is 36.9 Å². The summed E-state index contributed by atoms with van der Waals surface area (Å²) in [6.07, 6.45) is 6.97. The van der Waals surface area contributed by atoms with Gasteiger partial charge in [-0.1, -0.05) is 18.2 Å². The van der Waals surface area contributed by atoms with Gasteiger partial charge in [0.25, 0.3) is 5.91 Å². The van der Waals surface area contributed by atoms with Crippen molar-refractivity contribution in [2.24, 2.45) is 0 Å². The van der Waals surface area contributed by atoms with Gasteiger partial charge in [-0.05, 0) is 47.0 Å². The molecule has 22 heavy (non-hydrogen) atoms. The van der Waals surface area contributed by atoms with E-state index >= 15 is 0 Å². The van der Waals surface area contributed by atoms with E-state index in [1.807, 2.05) is 48.5 Å². The minimum absolute atomic E-state index is 0.0884. The van der Waals surface area contributed by atoms with Crippen LogP contribution in [-0.4, -0.2) is 15.9 Å². The fourth-order valence-electron chi connectivity index (χ4n) is 2.13. The van der Waals surface area contributed by atoms with Crippen LogP contribution in [0.25, 0.3) is 11.1 Å². The van der Waals surface area contributed by atoms with E-state index < -0.39 is 0 Å². The topological polar surface area (TPSA) is 54.9 Å². The van der Waals surface area contributed by atoms with E-state index in [0.29, 0.717) is 12.1 Å². The monoisotopic (exact) mass is 289 g/mol. The molecule has 3 rings (SSSR count). The number of nitrogens with one attached hydrogen (secondary N) is 1. The molecule has 0 spiro atoms. The molecule has 2 aromatic heterocycles. The van der Waals surface area contributed by atoms with Gasteiger partial charge in [-0.2, -0.15) is 0 Å². The number of pyridine rings is 2. The molecule has 4 heteroatoms. The van der Waals surface area contributed by atoms with Gasteiger partial charge >= 0.3 is 0 Å². The minimum Gasteiger partial charge on any atom is -0.348 e. The summed E-state index contributed by atoms with van der Waals surface area (Å²) in [6.45, 7) is 0.492. The third-order valence-electron chi connectivity index (χ3n) is 3.34. The van der Waals surface area contributed by atoms with Crippen molar-refractivity contribution < 1.29 is 4.79 Å². The van der Waals surface area contributed by atoms with Crippen LogP contribution >= 0.6 is 0 Å². The highest BCUT2D eigenvalue weighted by Crippen LogP contribution is 2.18. The highest BCUT2D eigenvalue weighted by molar-refractivity contribution is 5.94. The summed E-state index contributed by atoms with van der Waals surface area (Å²) in [5.74, 6) is -0.0884. The minimum atomic E-state index is -0.0884. The summed E-state index contributed by atoms with van der Waals surface area (Å²) in [7, 11) is 0. The van der Waals surface area contributed by atoms with Crippen LogP contribution in [0, 0.1) is 0 Å². The molecular formula is C18H15N3O. The largest absolute Gasteiger partial charge is 0.348 e. The Morgan fingerprint density at radius 3 is 2.32 bits per heavy atom. The molecule has 0 fully saturated rings. The van der Waals surface area contributed by atoms with Gasteiger partial charge in [-0.15, -0.1) is 0 Å². The fourth-order valence-corrected chi connectivity index (χ4v) is 2.13. The predicted molar refractivity (Wildman–Crippen MR) is 85.1 cm³/mol. The number of carbonyl (C=O) groups excluding carboxylic acids is 1. The number of benzene rings is 1. The van der Waals surface area contributed by atoms with Crippen molar-refractivity contribution >= 4 is 5.91 Å². The first-order valence-corrected chi connectivity index (χ1v) is 7.00. The lowest BCUT2D eigenvalue weighted by Gasteiger charge is -2.06. The maximum atomic E-state index is 12.1. The van der Waals surface area contributed by atoms with Gasteiger partial charge in [0.1, 0.15) is 0 Å². The predicted octanol–water partition coefficient (Wildman–Crippen LogP) is 3.07. The van der Waals surface area contributed by atoms with Gasteiger partial charge in [0.15, 0.2) is 0 Å². The van der Waals surface area contributed by atoms with E-state index in [0.717, 1.165) is 16.7 Å². The molecule has 0 radical (unpaired) electrons. The Balaban J connectivity index is 1.66. The molecule has 0 unspecified atom stereocenters. The molecule has 0 saturated carbocycles. The maximum absolute atomic E-state index is 12.1. The number of rotatable bonds is 4. The van der Waals surface area contributed by atoms with Crippen molar-refractivity contribution in [1.29, 1.82) is 0 Å². The second kappa shape index (κ2) is 6.63. The standard InChI is InChI=1S/C18H15N3O/c22-18(21-12-14-7-10-19-11-8-14)16-5-3-15(4-6-16)17-2-1-9-20-13-17/h1-11,13H,12H2,(H,21,22). The van der Waals surface area contributed by atoms with Gasteiger partial charge in [-0.25, -0.2) is 0 Å². The normalized spacial score (nSPS) is 10.2. The Morgan fingerprint density at radius 2 is 1.64 bits per heavy atom. The fraction of sp³-hybridized carbons (Fsp3) is 0.0556. The van der Waals surface area contributed by atoms with Crippen LogP contribution in [0.4, 0.5) is 0 Å². The highest BCUT2D eigenvalue weighted by atomic mass is 16.1. The molecule has 2 heterocycles. The highest BCUT2D eigenvalue weighted by Gasteiger charge is 2.05. The van der Waals surface area contributed by atoms with Crippen molar-refractivity contribution in [3.63, 3.8) is 0 Å². The van der Waals surface area contributed by atoms with E-state index in [2.05, 4.69) is 15.3 Å². The third-order valence-corrected chi connectivity index (χ3v) is 3.34. The molecule has 1 aromatic carbocycles. The molecule has 0 atom stereocenters. The summed E-state index contributed by atoms with van der Waals surface area (Å²) in [5.41, 5.74) is 3.74. The van der Waals surface area contributed by atoms with Crippen LogP contribution in [0.15, 0.2) is 73.3 Å². The van der Waals surface area contributed by atoms with Gasteiger partial charge in [0.05, 0.1) is 0 Å².